The predicted octanol–water partition coefficient (Wildman–Crippen LogP) is 4.23. The largest absolute Gasteiger partial charge is 0.481 e. The van der Waals surface area contributed by atoms with E-state index in [9.17, 15) is 9.90 Å². The number of hydrogen-bond acceptors (Lipinski definition) is 2. The molecule has 0 radical (unpaired) electrons. The summed E-state index contributed by atoms with van der Waals surface area (Å²) >= 11 is 5.92. The zero-order valence-corrected chi connectivity index (χ0v) is 14.2. The van der Waals surface area contributed by atoms with E-state index < -0.39 is 5.97 Å². The summed E-state index contributed by atoms with van der Waals surface area (Å²) in [4.78, 5) is 14.0. The lowest BCUT2D eigenvalue weighted by Crippen LogP contribution is -2.36. The summed E-state index contributed by atoms with van der Waals surface area (Å²) in [5.41, 5.74) is 1.22. The van der Waals surface area contributed by atoms with Crippen LogP contribution in [0.4, 0.5) is 0 Å². The van der Waals surface area contributed by atoms with Crippen LogP contribution in [-0.2, 0) is 11.3 Å². The van der Waals surface area contributed by atoms with E-state index in [1.165, 1.54) is 24.8 Å². The van der Waals surface area contributed by atoms with E-state index >= 15 is 0 Å². The highest BCUT2D eigenvalue weighted by molar-refractivity contribution is 6.30. The highest BCUT2D eigenvalue weighted by atomic mass is 35.5. The third-order valence-corrected chi connectivity index (χ3v) is 5.44. The molecule has 1 aliphatic carbocycles. The molecule has 0 bridgehead atoms. The Labute approximate surface area is 143 Å². The molecule has 2 fully saturated rings. The number of benzene rings is 1. The Morgan fingerprint density at radius 3 is 2.45 bits per heavy atom. The van der Waals surface area contributed by atoms with Crippen LogP contribution in [0, 0.1) is 11.3 Å². The summed E-state index contributed by atoms with van der Waals surface area (Å²) in [5.74, 6) is -0.819. The molecule has 1 atom stereocenters. The topological polar surface area (TPSA) is 40.5 Å². The van der Waals surface area contributed by atoms with Crippen molar-refractivity contribution in [2.45, 2.75) is 38.6 Å². The number of carbonyl (C=O) groups is 1. The van der Waals surface area contributed by atoms with Gasteiger partial charge in [-0.25, -0.2) is 0 Å². The molecule has 0 amide bonds. The van der Waals surface area contributed by atoms with Crippen LogP contribution in [0.15, 0.2) is 24.3 Å². The number of halogens is 2. The highest BCUT2D eigenvalue weighted by Gasteiger charge is 2.50. The zero-order valence-electron chi connectivity index (χ0n) is 12.6. The van der Waals surface area contributed by atoms with E-state index in [4.69, 9.17) is 11.6 Å². The lowest BCUT2D eigenvalue weighted by atomic mass is 9.68. The summed E-state index contributed by atoms with van der Waals surface area (Å²) < 4.78 is 0. The van der Waals surface area contributed by atoms with E-state index in [1.807, 2.05) is 24.3 Å². The Balaban J connectivity index is 0.00000176. The molecular formula is C17H23Cl2NO2. The normalized spacial score (nSPS) is 24.1. The molecule has 1 aromatic rings. The molecule has 1 N–H and O–H groups in total. The van der Waals surface area contributed by atoms with Crippen molar-refractivity contribution in [2.24, 2.45) is 11.3 Å². The van der Waals surface area contributed by atoms with Crippen LogP contribution in [-0.4, -0.2) is 29.1 Å². The van der Waals surface area contributed by atoms with Gasteiger partial charge in [-0.2, -0.15) is 0 Å². The number of nitrogens with zero attached hydrogens (tertiary/aromatic N) is 1. The first kappa shape index (κ1) is 17.6. The maximum absolute atomic E-state index is 11.7. The van der Waals surface area contributed by atoms with Crippen LogP contribution >= 0.6 is 24.0 Å². The van der Waals surface area contributed by atoms with E-state index in [0.29, 0.717) is 6.54 Å². The molecule has 5 heteroatoms. The quantitative estimate of drug-likeness (QED) is 0.892. The van der Waals surface area contributed by atoms with E-state index in [0.717, 1.165) is 31.0 Å². The van der Waals surface area contributed by atoms with Crippen molar-refractivity contribution in [1.82, 2.24) is 4.90 Å². The molecule has 122 valence electrons. The highest BCUT2D eigenvalue weighted by Crippen LogP contribution is 2.47. The zero-order chi connectivity index (χ0) is 14.9. The Kier molecular flexibility index (Phi) is 5.76. The van der Waals surface area contributed by atoms with Gasteiger partial charge in [0.2, 0.25) is 0 Å². The van der Waals surface area contributed by atoms with Crippen LogP contribution in [0.1, 0.15) is 37.7 Å². The minimum atomic E-state index is -0.615. The van der Waals surface area contributed by atoms with Gasteiger partial charge in [0.1, 0.15) is 0 Å². The monoisotopic (exact) mass is 343 g/mol. The molecule has 1 heterocycles. The van der Waals surface area contributed by atoms with Crippen molar-refractivity contribution < 1.29 is 9.90 Å². The van der Waals surface area contributed by atoms with Crippen LogP contribution in [0.3, 0.4) is 0 Å². The van der Waals surface area contributed by atoms with Gasteiger partial charge in [0.25, 0.3) is 0 Å². The first-order valence-corrected chi connectivity index (χ1v) is 8.16. The van der Waals surface area contributed by atoms with Crippen LogP contribution < -0.4 is 0 Å². The van der Waals surface area contributed by atoms with Gasteiger partial charge in [0, 0.05) is 24.7 Å². The van der Waals surface area contributed by atoms with E-state index in [-0.39, 0.29) is 23.7 Å². The van der Waals surface area contributed by atoms with Crippen molar-refractivity contribution in [1.29, 1.82) is 0 Å². The smallest absolute Gasteiger partial charge is 0.308 e. The first-order valence-electron chi connectivity index (χ1n) is 7.79. The molecule has 0 aromatic heterocycles. The lowest BCUT2D eigenvalue weighted by Gasteiger charge is -2.36. The number of likely N-dealkylation sites (tertiary alicyclic amines) is 1. The van der Waals surface area contributed by atoms with Crippen molar-refractivity contribution in [3.05, 3.63) is 34.9 Å². The average Bonchev–Trinajstić information content (AvgIpc) is 2.80. The molecule has 1 spiro atoms. The fourth-order valence-electron chi connectivity index (χ4n) is 4.14. The summed E-state index contributed by atoms with van der Waals surface area (Å²) in [6, 6.07) is 7.87. The second-order valence-corrected chi connectivity index (χ2v) is 7.05. The van der Waals surface area contributed by atoms with Crippen molar-refractivity contribution in [3.8, 4) is 0 Å². The van der Waals surface area contributed by atoms with Gasteiger partial charge < -0.3 is 5.11 Å². The van der Waals surface area contributed by atoms with Gasteiger partial charge in [-0.1, -0.05) is 43.0 Å². The molecule has 1 saturated heterocycles. The molecule has 1 unspecified atom stereocenters. The predicted molar refractivity (Wildman–Crippen MR) is 90.6 cm³/mol. The van der Waals surface area contributed by atoms with Gasteiger partial charge in [-0.3, -0.25) is 9.69 Å². The van der Waals surface area contributed by atoms with Gasteiger partial charge in [-0.15, -0.1) is 12.4 Å². The summed E-state index contributed by atoms with van der Waals surface area (Å²) in [7, 11) is 0. The molecule has 3 rings (SSSR count). The molecule has 3 nitrogen and oxygen atoms in total. The second kappa shape index (κ2) is 7.20. The van der Waals surface area contributed by atoms with Gasteiger partial charge in [0.15, 0.2) is 0 Å². The number of aliphatic carboxylic acids is 1. The third kappa shape index (κ3) is 3.58. The molecular weight excluding hydrogens is 321 g/mol. The summed E-state index contributed by atoms with van der Waals surface area (Å²) in [5, 5.41) is 10.3. The van der Waals surface area contributed by atoms with Gasteiger partial charge in [0.05, 0.1) is 5.92 Å². The second-order valence-electron chi connectivity index (χ2n) is 6.61. The number of hydrogen-bond donors (Lipinski definition) is 1. The fourth-order valence-corrected chi connectivity index (χ4v) is 4.27. The number of carboxylic acid groups (broad SMARTS) is 1. The Morgan fingerprint density at radius 2 is 1.86 bits per heavy atom. The average molecular weight is 344 g/mol. The number of carboxylic acids is 1. The van der Waals surface area contributed by atoms with Crippen molar-refractivity contribution in [2.75, 3.05) is 13.1 Å². The van der Waals surface area contributed by atoms with Gasteiger partial charge in [-0.05, 0) is 36.0 Å². The minimum Gasteiger partial charge on any atom is -0.481 e. The minimum absolute atomic E-state index is 0. The Morgan fingerprint density at radius 1 is 1.23 bits per heavy atom. The van der Waals surface area contributed by atoms with E-state index in [2.05, 4.69) is 4.90 Å². The van der Waals surface area contributed by atoms with Crippen molar-refractivity contribution in [3.63, 3.8) is 0 Å². The van der Waals surface area contributed by atoms with Gasteiger partial charge >= 0.3 is 5.97 Å². The van der Waals surface area contributed by atoms with E-state index in [1.54, 1.807) is 0 Å². The fraction of sp³-hybridized carbons (Fsp3) is 0.588. The molecule has 1 aromatic carbocycles. The molecule has 2 aliphatic rings. The molecule has 1 saturated carbocycles. The Bertz CT molecular complexity index is 512. The van der Waals surface area contributed by atoms with Crippen LogP contribution in [0.2, 0.25) is 5.02 Å². The number of rotatable bonds is 3. The maximum atomic E-state index is 11.7. The van der Waals surface area contributed by atoms with Crippen molar-refractivity contribution >= 4 is 30.0 Å². The molecule has 22 heavy (non-hydrogen) atoms. The maximum Gasteiger partial charge on any atom is 0.308 e. The third-order valence-electron chi connectivity index (χ3n) is 5.19. The standard InChI is InChI=1S/C17H22ClNO2.ClH/c18-14-6-4-13(5-7-14)10-19-11-15(16(20)21)17(12-19)8-2-1-3-9-17;/h4-7,15H,1-3,8-12H2,(H,20,21);1H. The Hall–Kier alpha value is -0.770. The SMILES string of the molecule is Cl.O=C(O)C1CN(Cc2ccc(Cl)cc2)CC12CCCCC2. The lowest BCUT2D eigenvalue weighted by molar-refractivity contribution is -0.145. The summed E-state index contributed by atoms with van der Waals surface area (Å²) in [6.07, 6.45) is 5.75. The first-order chi connectivity index (χ1) is 10.1. The molecule has 1 aliphatic heterocycles. The van der Waals surface area contributed by atoms with Crippen LogP contribution in [0.25, 0.3) is 0 Å². The van der Waals surface area contributed by atoms with Crippen LogP contribution in [0.5, 0.6) is 0 Å². The summed E-state index contributed by atoms with van der Waals surface area (Å²) in [6.45, 7) is 2.42.